The smallest absolute Gasteiger partial charge is 0.310 e. The monoisotopic (exact) mass is 293 g/mol. The summed E-state index contributed by atoms with van der Waals surface area (Å²) < 4.78 is 37.2. The Morgan fingerprint density at radius 3 is 2.16 bits per heavy atom. The summed E-state index contributed by atoms with van der Waals surface area (Å²) in [4.78, 5) is 0. The van der Waals surface area contributed by atoms with E-state index in [0.717, 1.165) is 24.1 Å². The van der Waals surface area contributed by atoms with Gasteiger partial charge in [-0.25, -0.2) is 0 Å². The third-order valence-electron chi connectivity index (χ3n) is 3.07. The molecule has 0 saturated carbocycles. The summed E-state index contributed by atoms with van der Waals surface area (Å²) in [6, 6.07) is 5.52. The second-order valence-corrected chi connectivity index (χ2v) is 5.28. The quantitative estimate of drug-likeness (QED) is 0.764. The predicted molar refractivity (Wildman–Crippen MR) is 72.2 cm³/mol. The molecule has 0 fully saturated rings. The molecule has 0 radical (unpaired) electrons. The van der Waals surface area contributed by atoms with Crippen molar-refractivity contribution in [3.63, 3.8) is 0 Å². The molecule has 0 heterocycles. The topological polar surface area (TPSA) is 12.0 Å². The lowest BCUT2D eigenvalue weighted by Crippen LogP contribution is -2.33. The molecule has 0 aliphatic rings. The fraction of sp³-hybridized carbons (Fsp3) is 0.571. The Bertz CT molecular complexity index is 373. The van der Waals surface area contributed by atoms with Crippen molar-refractivity contribution in [2.45, 2.75) is 39.0 Å². The molecule has 0 aliphatic heterocycles. The maximum absolute atomic E-state index is 12.4. The summed E-state index contributed by atoms with van der Waals surface area (Å²) in [7, 11) is 0. The molecule has 19 heavy (non-hydrogen) atoms. The highest BCUT2D eigenvalue weighted by Gasteiger charge is 2.29. The van der Waals surface area contributed by atoms with Gasteiger partial charge < -0.3 is 5.32 Å². The normalized spacial score (nSPS) is 13.8. The highest BCUT2D eigenvalue weighted by molar-refractivity contribution is 6.17. The van der Waals surface area contributed by atoms with E-state index in [-0.39, 0.29) is 6.04 Å². The molecule has 1 aromatic carbocycles. The summed E-state index contributed by atoms with van der Waals surface area (Å²) >= 11 is 5.73. The Hall–Kier alpha value is -0.740. The Labute approximate surface area is 117 Å². The average molecular weight is 294 g/mol. The van der Waals surface area contributed by atoms with Crippen LogP contribution in [0.2, 0.25) is 0 Å². The largest absolute Gasteiger partial charge is 0.416 e. The first kappa shape index (κ1) is 16.3. The SMILES string of the molecule is CC(C)C(CCCl)NCc1ccc(C(F)(F)F)cc1. The van der Waals surface area contributed by atoms with Crippen molar-refractivity contribution in [1.29, 1.82) is 0 Å². The van der Waals surface area contributed by atoms with Crippen LogP contribution in [0, 0.1) is 5.92 Å². The molecule has 0 bridgehead atoms. The Morgan fingerprint density at radius 1 is 1.16 bits per heavy atom. The van der Waals surface area contributed by atoms with E-state index in [1.165, 1.54) is 12.1 Å². The van der Waals surface area contributed by atoms with Gasteiger partial charge >= 0.3 is 6.18 Å². The molecular weight excluding hydrogens is 275 g/mol. The number of hydrogen-bond acceptors (Lipinski definition) is 1. The number of rotatable bonds is 6. The van der Waals surface area contributed by atoms with Crippen LogP contribution in [0.5, 0.6) is 0 Å². The van der Waals surface area contributed by atoms with Crippen LogP contribution < -0.4 is 5.32 Å². The molecule has 0 aliphatic carbocycles. The third kappa shape index (κ3) is 5.41. The van der Waals surface area contributed by atoms with E-state index in [0.29, 0.717) is 18.3 Å². The molecule has 0 aromatic heterocycles. The Kier molecular flexibility index (Phi) is 6.14. The Morgan fingerprint density at radius 2 is 1.74 bits per heavy atom. The van der Waals surface area contributed by atoms with Gasteiger partial charge in [0.15, 0.2) is 0 Å². The van der Waals surface area contributed by atoms with Crippen LogP contribution in [0.15, 0.2) is 24.3 Å². The summed E-state index contributed by atoms with van der Waals surface area (Å²) in [6.45, 7) is 4.74. The minimum absolute atomic E-state index is 0.278. The maximum Gasteiger partial charge on any atom is 0.416 e. The standard InChI is InChI=1S/C14H19ClF3N/c1-10(2)13(7-8-15)19-9-11-3-5-12(6-4-11)14(16,17)18/h3-6,10,13,19H,7-9H2,1-2H3. The van der Waals surface area contributed by atoms with Gasteiger partial charge in [-0.2, -0.15) is 13.2 Å². The van der Waals surface area contributed by atoms with Gasteiger partial charge in [0.05, 0.1) is 5.56 Å². The lowest BCUT2D eigenvalue weighted by molar-refractivity contribution is -0.137. The lowest BCUT2D eigenvalue weighted by atomic mass is 10.0. The van der Waals surface area contributed by atoms with Gasteiger partial charge in [-0.15, -0.1) is 11.6 Å². The van der Waals surface area contributed by atoms with Gasteiger partial charge in [0.25, 0.3) is 0 Å². The van der Waals surface area contributed by atoms with E-state index in [1.807, 2.05) is 0 Å². The van der Waals surface area contributed by atoms with Crippen LogP contribution >= 0.6 is 11.6 Å². The van der Waals surface area contributed by atoms with Gasteiger partial charge in [-0.3, -0.25) is 0 Å². The average Bonchev–Trinajstić information content (AvgIpc) is 2.33. The van der Waals surface area contributed by atoms with Crippen molar-refractivity contribution in [2.24, 2.45) is 5.92 Å². The molecule has 108 valence electrons. The fourth-order valence-corrected chi connectivity index (χ4v) is 2.08. The first-order chi connectivity index (χ1) is 8.84. The predicted octanol–water partition coefficient (Wildman–Crippen LogP) is 4.45. The summed E-state index contributed by atoms with van der Waals surface area (Å²) in [5.74, 6) is 1.01. The minimum Gasteiger partial charge on any atom is -0.310 e. The van der Waals surface area contributed by atoms with E-state index in [4.69, 9.17) is 11.6 Å². The van der Waals surface area contributed by atoms with E-state index >= 15 is 0 Å². The van der Waals surface area contributed by atoms with E-state index in [2.05, 4.69) is 19.2 Å². The molecule has 0 saturated heterocycles. The van der Waals surface area contributed by atoms with Crippen molar-refractivity contribution in [3.8, 4) is 0 Å². The second-order valence-electron chi connectivity index (χ2n) is 4.90. The van der Waals surface area contributed by atoms with E-state index < -0.39 is 11.7 Å². The number of halogens is 4. The molecule has 1 nitrogen and oxygen atoms in total. The minimum atomic E-state index is -4.27. The lowest BCUT2D eigenvalue weighted by Gasteiger charge is -2.21. The molecule has 0 amide bonds. The van der Waals surface area contributed by atoms with Crippen molar-refractivity contribution < 1.29 is 13.2 Å². The van der Waals surface area contributed by atoms with Crippen LogP contribution in [0.1, 0.15) is 31.4 Å². The number of alkyl halides is 4. The van der Waals surface area contributed by atoms with Gasteiger partial charge in [0.1, 0.15) is 0 Å². The molecule has 1 aromatic rings. The van der Waals surface area contributed by atoms with Crippen LogP contribution in [0.4, 0.5) is 13.2 Å². The number of benzene rings is 1. The van der Waals surface area contributed by atoms with Gasteiger partial charge in [0, 0.05) is 18.5 Å². The highest BCUT2D eigenvalue weighted by atomic mass is 35.5. The second kappa shape index (κ2) is 7.15. The number of nitrogens with one attached hydrogen (secondary N) is 1. The first-order valence-electron chi connectivity index (χ1n) is 6.30. The summed E-state index contributed by atoms with van der Waals surface area (Å²) in [6.07, 6.45) is -3.43. The summed E-state index contributed by atoms with van der Waals surface area (Å²) in [5, 5.41) is 3.33. The maximum atomic E-state index is 12.4. The highest BCUT2D eigenvalue weighted by Crippen LogP contribution is 2.29. The van der Waals surface area contributed by atoms with Gasteiger partial charge in [-0.1, -0.05) is 26.0 Å². The zero-order valence-corrected chi connectivity index (χ0v) is 11.9. The zero-order chi connectivity index (χ0) is 14.5. The Balaban J connectivity index is 2.58. The molecule has 5 heteroatoms. The van der Waals surface area contributed by atoms with Crippen LogP contribution in [0.3, 0.4) is 0 Å². The molecule has 1 unspecified atom stereocenters. The fourth-order valence-electron chi connectivity index (χ4n) is 1.85. The molecular formula is C14H19ClF3N. The van der Waals surface area contributed by atoms with Crippen LogP contribution in [0.25, 0.3) is 0 Å². The molecule has 1 N–H and O–H groups in total. The van der Waals surface area contributed by atoms with Crippen molar-refractivity contribution in [3.05, 3.63) is 35.4 Å². The van der Waals surface area contributed by atoms with Gasteiger partial charge in [0.2, 0.25) is 0 Å². The van der Waals surface area contributed by atoms with E-state index in [9.17, 15) is 13.2 Å². The molecule has 1 atom stereocenters. The molecule has 1 rings (SSSR count). The van der Waals surface area contributed by atoms with E-state index in [1.54, 1.807) is 0 Å². The van der Waals surface area contributed by atoms with Crippen LogP contribution in [-0.4, -0.2) is 11.9 Å². The number of hydrogen-bond donors (Lipinski definition) is 1. The first-order valence-corrected chi connectivity index (χ1v) is 6.83. The van der Waals surface area contributed by atoms with Crippen LogP contribution in [-0.2, 0) is 12.7 Å². The van der Waals surface area contributed by atoms with Crippen molar-refractivity contribution in [2.75, 3.05) is 5.88 Å². The van der Waals surface area contributed by atoms with Gasteiger partial charge in [-0.05, 0) is 30.0 Å². The van der Waals surface area contributed by atoms with Crippen molar-refractivity contribution >= 4 is 11.6 Å². The third-order valence-corrected chi connectivity index (χ3v) is 3.29. The molecule has 0 spiro atoms. The zero-order valence-electron chi connectivity index (χ0n) is 11.1. The summed E-state index contributed by atoms with van der Waals surface area (Å²) in [5.41, 5.74) is 0.227. The van der Waals surface area contributed by atoms with Crippen molar-refractivity contribution in [1.82, 2.24) is 5.32 Å².